The van der Waals surface area contributed by atoms with E-state index in [0.717, 1.165) is 11.1 Å². The van der Waals surface area contributed by atoms with Gasteiger partial charge in [0.1, 0.15) is 0 Å². The van der Waals surface area contributed by atoms with E-state index < -0.39 is 27.6 Å². The van der Waals surface area contributed by atoms with Crippen LogP contribution in [0.3, 0.4) is 0 Å². The number of benzene rings is 3. The molecule has 2 atom stereocenters. The Kier molecular flexibility index (Phi) is 6.43. The zero-order valence-corrected chi connectivity index (χ0v) is 20.5. The minimum Gasteiger partial charge on any atom is -0.405 e. The van der Waals surface area contributed by atoms with Crippen molar-refractivity contribution < 1.29 is 17.9 Å². The van der Waals surface area contributed by atoms with Crippen LogP contribution in [0.4, 0.5) is 0 Å². The van der Waals surface area contributed by atoms with Crippen LogP contribution in [-0.2, 0) is 19.6 Å². The highest BCUT2D eigenvalue weighted by Gasteiger charge is 2.56. The second-order valence-corrected chi connectivity index (χ2v) is 10.6. The molecule has 0 saturated heterocycles. The maximum Gasteiger partial charge on any atom is 0.343 e. The number of rotatable bonds is 7. The Bertz CT molecular complexity index is 1320. The van der Waals surface area contributed by atoms with E-state index in [4.69, 9.17) is 9.73 Å². The van der Waals surface area contributed by atoms with Crippen molar-refractivity contribution in [2.75, 3.05) is 0 Å². The molecule has 1 aliphatic heterocycles. The molecule has 3 aromatic carbocycles. The Morgan fingerprint density at radius 3 is 1.97 bits per heavy atom. The first kappa shape index (κ1) is 23.9. The third kappa shape index (κ3) is 4.41. The monoisotopic (exact) mass is 476 g/mol. The summed E-state index contributed by atoms with van der Waals surface area (Å²) in [5.41, 5.74) is 1.76. The summed E-state index contributed by atoms with van der Waals surface area (Å²) in [4.78, 5) is 18.4. The van der Waals surface area contributed by atoms with Crippen LogP contribution in [0.5, 0.6) is 0 Å². The molecule has 1 unspecified atom stereocenters. The molecular formula is C27H28N2O4S. The summed E-state index contributed by atoms with van der Waals surface area (Å²) in [7, 11) is -3.98. The molecule has 0 aromatic heterocycles. The SMILES string of the molecule is Cc1ccc(C(NS(=O)(=O)c2ccc(C)cc2)[C@@]2(C(C)C)N=C(c3ccccc3)OC2=O)cc1. The summed E-state index contributed by atoms with van der Waals surface area (Å²) >= 11 is 0. The molecule has 4 rings (SSSR count). The number of sulfonamides is 1. The lowest BCUT2D eigenvalue weighted by Crippen LogP contribution is -2.52. The van der Waals surface area contributed by atoms with Crippen LogP contribution in [0, 0.1) is 19.8 Å². The number of ether oxygens (including phenoxy) is 1. The predicted octanol–water partition coefficient (Wildman–Crippen LogP) is 4.72. The second kappa shape index (κ2) is 9.16. The van der Waals surface area contributed by atoms with Crippen LogP contribution in [0.15, 0.2) is 88.8 Å². The minimum absolute atomic E-state index is 0.118. The van der Waals surface area contributed by atoms with Gasteiger partial charge in [0, 0.05) is 5.56 Å². The Morgan fingerprint density at radius 2 is 1.41 bits per heavy atom. The molecular weight excluding hydrogens is 448 g/mol. The summed E-state index contributed by atoms with van der Waals surface area (Å²) in [5, 5.41) is 0. The van der Waals surface area contributed by atoms with E-state index in [1.807, 2.05) is 70.2 Å². The lowest BCUT2D eigenvalue weighted by molar-refractivity contribution is -0.141. The topological polar surface area (TPSA) is 84.8 Å². The van der Waals surface area contributed by atoms with E-state index in [-0.39, 0.29) is 16.7 Å². The third-order valence-corrected chi connectivity index (χ3v) is 7.60. The van der Waals surface area contributed by atoms with Crippen LogP contribution in [0.1, 0.15) is 42.1 Å². The van der Waals surface area contributed by atoms with Crippen molar-refractivity contribution in [1.82, 2.24) is 4.72 Å². The summed E-state index contributed by atoms with van der Waals surface area (Å²) in [6, 6.07) is 22.2. The molecule has 0 aliphatic carbocycles. The number of aliphatic imine (C=N–C) groups is 1. The highest BCUT2D eigenvalue weighted by atomic mass is 32.2. The first-order valence-corrected chi connectivity index (χ1v) is 12.6. The highest BCUT2D eigenvalue weighted by Crippen LogP contribution is 2.42. The van der Waals surface area contributed by atoms with Gasteiger partial charge in [0.2, 0.25) is 15.9 Å². The summed E-state index contributed by atoms with van der Waals surface area (Å²) in [6.45, 7) is 7.53. The fourth-order valence-electron chi connectivity index (χ4n) is 4.10. The Hall–Kier alpha value is -3.29. The van der Waals surface area contributed by atoms with Crippen LogP contribution in [-0.4, -0.2) is 25.8 Å². The van der Waals surface area contributed by atoms with E-state index in [1.54, 1.807) is 36.4 Å². The third-order valence-electron chi connectivity index (χ3n) is 6.16. The van der Waals surface area contributed by atoms with Crippen molar-refractivity contribution in [3.63, 3.8) is 0 Å². The molecule has 1 N–H and O–H groups in total. The first-order chi connectivity index (χ1) is 16.1. The van der Waals surface area contributed by atoms with Crippen molar-refractivity contribution >= 4 is 21.9 Å². The summed E-state index contributed by atoms with van der Waals surface area (Å²) in [6.07, 6.45) is 0. The average molecular weight is 477 g/mol. The molecule has 1 aliphatic rings. The van der Waals surface area contributed by atoms with Gasteiger partial charge in [0.15, 0.2) is 5.54 Å². The van der Waals surface area contributed by atoms with Gasteiger partial charge in [-0.15, -0.1) is 0 Å². The van der Waals surface area contributed by atoms with E-state index in [0.29, 0.717) is 11.1 Å². The number of nitrogens with one attached hydrogen (secondary N) is 1. The number of esters is 1. The maximum absolute atomic E-state index is 13.5. The lowest BCUT2D eigenvalue weighted by atomic mass is 9.77. The highest BCUT2D eigenvalue weighted by molar-refractivity contribution is 7.89. The van der Waals surface area contributed by atoms with Gasteiger partial charge in [0.05, 0.1) is 10.9 Å². The van der Waals surface area contributed by atoms with Crippen molar-refractivity contribution in [3.05, 3.63) is 101 Å². The van der Waals surface area contributed by atoms with Crippen LogP contribution >= 0.6 is 0 Å². The Labute approximate surface area is 200 Å². The minimum atomic E-state index is -3.98. The number of hydrogen-bond acceptors (Lipinski definition) is 5. The molecule has 176 valence electrons. The van der Waals surface area contributed by atoms with E-state index in [9.17, 15) is 13.2 Å². The van der Waals surface area contributed by atoms with Crippen LogP contribution in [0.25, 0.3) is 0 Å². The van der Waals surface area contributed by atoms with Gasteiger partial charge < -0.3 is 4.74 Å². The molecule has 0 bridgehead atoms. The molecule has 0 amide bonds. The van der Waals surface area contributed by atoms with Crippen molar-refractivity contribution in [1.29, 1.82) is 0 Å². The molecule has 0 fully saturated rings. The molecule has 1 heterocycles. The van der Waals surface area contributed by atoms with Gasteiger partial charge in [-0.05, 0) is 49.6 Å². The average Bonchev–Trinajstić information content (AvgIpc) is 3.17. The van der Waals surface area contributed by atoms with E-state index in [1.165, 1.54) is 0 Å². The van der Waals surface area contributed by atoms with Crippen molar-refractivity contribution in [2.45, 2.75) is 44.2 Å². The number of hydrogen-bond donors (Lipinski definition) is 1. The molecule has 3 aromatic rings. The fourth-order valence-corrected chi connectivity index (χ4v) is 5.36. The van der Waals surface area contributed by atoms with E-state index in [2.05, 4.69) is 4.72 Å². The summed E-state index contributed by atoms with van der Waals surface area (Å²) < 4.78 is 35.4. The standard InChI is InChI=1S/C27H28N2O4S/c1-18(2)27(26(30)33-25(28-27)22-8-6-5-7-9-22)24(21-14-10-19(3)11-15-21)29-34(31,32)23-16-12-20(4)13-17-23/h5-18,24,29H,1-4H3/t24?,27-/m1/s1. The Morgan fingerprint density at radius 1 is 0.853 bits per heavy atom. The summed E-state index contributed by atoms with van der Waals surface area (Å²) in [5.74, 6) is -0.766. The van der Waals surface area contributed by atoms with Gasteiger partial charge in [-0.1, -0.05) is 79.6 Å². The zero-order valence-electron chi connectivity index (χ0n) is 19.6. The van der Waals surface area contributed by atoms with Gasteiger partial charge in [0.25, 0.3) is 0 Å². The molecule has 0 saturated carbocycles. The quantitative estimate of drug-likeness (QED) is 0.500. The first-order valence-electron chi connectivity index (χ1n) is 11.2. The largest absolute Gasteiger partial charge is 0.405 e. The van der Waals surface area contributed by atoms with Crippen LogP contribution in [0.2, 0.25) is 0 Å². The van der Waals surface area contributed by atoms with Crippen molar-refractivity contribution in [2.24, 2.45) is 10.9 Å². The number of aryl methyl sites for hydroxylation is 2. The van der Waals surface area contributed by atoms with Gasteiger partial charge >= 0.3 is 5.97 Å². The maximum atomic E-state index is 13.5. The van der Waals surface area contributed by atoms with E-state index >= 15 is 0 Å². The Balaban J connectivity index is 1.87. The number of carbonyl (C=O) groups excluding carboxylic acids is 1. The lowest BCUT2D eigenvalue weighted by Gasteiger charge is -2.35. The normalized spacial score (nSPS) is 19.1. The zero-order chi connectivity index (χ0) is 24.5. The number of nitrogens with zero attached hydrogens (tertiary/aromatic N) is 1. The molecule has 0 spiro atoms. The predicted molar refractivity (Wildman–Crippen MR) is 132 cm³/mol. The number of carbonyl (C=O) groups is 1. The van der Waals surface area contributed by atoms with Gasteiger partial charge in [-0.25, -0.2) is 22.9 Å². The van der Waals surface area contributed by atoms with Crippen molar-refractivity contribution in [3.8, 4) is 0 Å². The smallest absolute Gasteiger partial charge is 0.343 e. The molecule has 7 heteroatoms. The molecule has 0 radical (unpaired) electrons. The number of cyclic esters (lactones) is 1. The van der Waals surface area contributed by atoms with Gasteiger partial charge in [-0.2, -0.15) is 0 Å². The van der Waals surface area contributed by atoms with Gasteiger partial charge in [-0.3, -0.25) is 0 Å². The molecule has 6 nitrogen and oxygen atoms in total. The fraction of sp³-hybridized carbons (Fsp3) is 0.259. The van der Waals surface area contributed by atoms with Crippen LogP contribution < -0.4 is 4.72 Å². The molecule has 34 heavy (non-hydrogen) atoms. The second-order valence-electron chi connectivity index (χ2n) is 8.93.